The fraction of sp³-hybridized carbons (Fsp3) is 0.222. The van der Waals surface area contributed by atoms with Crippen LogP contribution in [0.2, 0.25) is 0 Å². The van der Waals surface area contributed by atoms with Crippen LogP contribution in [0.1, 0.15) is 18.1 Å². The van der Waals surface area contributed by atoms with Crippen LogP contribution in [0.5, 0.6) is 5.75 Å². The van der Waals surface area contributed by atoms with Crippen LogP contribution in [-0.2, 0) is 11.2 Å². The third kappa shape index (κ3) is 5.42. The van der Waals surface area contributed by atoms with Crippen molar-refractivity contribution in [2.75, 3.05) is 7.11 Å². The minimum absolute atomic E-state index is 0.0262. The van der Waals surface area contributed by atoms with E-state index in [1.54, 1.807) is 26.2 Å². The second-order valence-corrected chi connectivity index (χ2v) is 5.54. The first-order valence-electron chi connectivity index (χ1n) is 7.70. The molecule has 0 spiro atoms. The number of benzene rings is 2. The lowest BCUT2D eigenvalue weighted by Crippen LogP contribution is -2.26. The lowest BCUT2D eigenvalue weighted by Gasteiger charge is -2.10. The highest BCUT2D eigenvalue weighted by atomic mass is 16.6. The molecular weight excluding hydrogens is 322 g/mol. The number of amides is 1. The quantitative estimate of drug-likeness (QED) is 0.476. The maximum absolute atomic E-state index is 12.1. The van der Waals surface area contributed by atoms with Crippen LogP contribution in [0.4, 0.5) is 5.69 Å². The molecule has 1 amide bonds. The van der Waals surface area contributed by atoms with Gasteiger partial charge in [0.1, 0.15) is 5.75 Å². The van der Waals surface area contributed by atoms with E-state index in [4.69, 9.17) is 4.74 Å². The first-order chi connectivity index (χ1) is 12.0. The van der Waals surface area contributed by atoms with Crippen LogP contribution in [0.25, 0.3) is 0 Å². The van der Waals surface area contributed by atoms with E-state index in [-0.39, 0.29) is 17.5 Å². The number of carbonyl (C=O) groups excluding carboxylic acids is 1. The van der Waals surface area contributed by atoms with Crippen LogP contribution in [-0.4, -0.2) is 24.2 Å². The minimum Gasteiger partial charge on any atom is -0.497 e. The van der Waals surface area contributed by atoms with E-state index in [1.165, 1.54) is 18.3 Å². The monoisotopic (exact) mass is 341 g/mol. The van der Waals surface area contributed by atoms with Crippen molar-refractivity contribution in [3.05, 3.63) is 69.8 Å². The van der Waals surface area contributed by atoms with Crippen molar-refractivity contribution >= 4 is 17.8 Å². The normalized spacial score (nSPS) is 11.9. The van der Waals surface area contributed by atoms with Crippen molar-refractivity contribution in [1.29, 1.82) is 0 Å². The van der Waals surface area contributed by atoms with E-state index in [1.807, 2.05) is 24.3 Å². The maximum atomic E-state index is 12.1. The molecule has 0 aliphatic rings. The molecule has 7 nitrogen and oxygen atoms in total. The summed E-state index contributed by atoms with van der Waals surface area (Å²) in [4.78, 5) is 22.3. The highest BCUT2D eigenvalue weighted by molar-refractivity contribution is 5.83. The number of carbonyl (C=O) groups is 1. The lowest BCUT2D eigenvalue weighted by atomic mass is 10.0. The van der Waals surface area contributed by atoms with Crippen molar-refractivity contribution in [2.24, 2.45) is 11.0 Å². The van der Waals surface area contributed by atoms with Crippen LogP contribution in [0.15, 0.2) is 53.6 Å². The molecular formula is C18H19N3O4. The Bertz CT molecular complexity index is 789. The zero-order valence-corrected chi connectivity index (χ0v) is 14.0. The average molecular weight is 341 g/mol. The van der Waals surface area contributed by atoms with E-state index < -0.39 is 4.92 Å². The summed E-state index contributed by atoms with van der Waals surface area (Å²) in [7, 11) is 1.60. The number of ether oxygens (including phenoxy) is 1. The van der Waals surface area contributed by atoms with Gasteiger partial charge in [-0.3, -0.25) is 14.9 Å². The standard InChI is InChI=1S/C18H19N3O4/c1-13(9-14-5-4-8-17(11-14)25-2)18(22)20-19-12-15-6-3-7-16(10-15)21(23)24/h3-8,10-13H,9H2,1-2H3,(H,20,22)/b19-12-/t13-/m0/s1. The Morgan fingerprint density at radius 2 is 2.08 bits per heavy atom. The Morgan fingerprint density at radius 3 is 2.80 bits per heavy atom. The number of nitrogens with zero attached hydrogens (tertiary/aromatic N) is 2. The predicted molar refractivity (Wildman–Crippen MR) is 94.7 cm³/mol. The molecule has 0 fully saturated rings. The molecule has 0 aromatic heterocycles. The van der Waals surface area contributed by atoms with E-state index in [0.29, 0.717) is 12.0 Å². The largest absolute Gasteiger partial charge is 0.497 e. The van der Waals surface area contributed by atoms with E-state index in [0.717, 1.165) is 11.3 Å². The van der Waals surface area contributed by atoms with Gasteiger partial charge in [0.05, 0.1) is 18.2 Å². The van der Waals surface area contributed by atoms with Gasteiger partial charge in [0, 0.05) is 23.6 Å². The van der Waals surface area contributed by atoms with Crippen molar-refractivity contribution in [1.82, 2.24) is 5.43 Å². The predicted octanol–water partition coefficient (Wildman–Crippen LogP) is 2.93. The van der Waals surface area contributed by atoms with Crippen LogP contribution < -0.4 is 10.2 Å². The molecule has 0 radical (unpaired) electrons. The first-order valence-corrected chi connectivity index (χ1v) is 7.70. The Morgan fingerprint density at radius 1 is 1.32 bits per heavy atom. The fourth-order valence-corrected chi connectivity index (χ4v) is 2.24. The van der Waals surface area contributed by atoms with Gasteiger partial charge in [-0.05, 0) is 24.1 Å². The molecule has 0 heterocycles. The minimum atomic E-state index is -0.480. The number of non-ortho nitro benzene ring substituents is 1. The van der Waals surface area contributed by atoms with Gasteiger partial charge in [-0.25, -0.2) is 5.43 Å². The molecule has 0 aliphatic carbocycles. The Kier molecular flexibility index (Phi) is 6.22. The van der Waals surface area contributed by atoms with E-state index in [2.05, 4.69) is 10.5 Å². The summed E-state index contributed by atoms with van der Waals surface area (Å²) in [5, 5.41) is 14.6. The molecule has 25 heavy (non-hydrogen) atoms. The van der Waals surface area contributed by atoms with Gasteiger partial charge in [0.25, 0.3) is 5.69 Å². The summed E-state index contributed by atoms with van der Waals surface area (Å²) in [6.07, 6.45) is 1.93. The van der Waals surface area contributed by atoms with Crippen molar-refractivity contribution in [2.45, 2.75) is 13.3 Å². The van der Waals surface area contributed by atoms with Gasteiger partial charge < -0.3 is 4.74 Å². The van der Waals surface area contributed by atoms with Crippen molar-refractivity contribution < 1.29 is 14.5 Å². The van der Waals surface area contributed by atoms with Gasteiger partial charge in [-0.15, -0.1) is 0 Å². The molecule has 0 saturated carbocycles. The third-order valence-electron chi connectivity index (χ3n) is 3.59. The number of nitro benzene ring substituents is 1. The van der Waals surface area contributed by atoms with Crippen LogP contribution in [0.3, 0.4) is 0 Å². The van der Waals surface area contributed by atoms with E-state index in [9.17, 15) is 14.9 Å². The summed E-state index contributed by atoms with van der Waals surface area (Å²) < 4.78 is 5.17. The van der Waals surface area contributed by atoms with Gasteiger partial charge in [0.2, 0.25) is 5.91 Å². The molecule has 0 aliphatic heterocycles. The van der Waals surface area contributed by atoms with Gasteiger partial charge in [-0.2, -0.15) is 5.10 Å². The second kappa shape index (κ2) is 8.58. The van der Waals surface area contributed by atoms with Gasteiger partial charge >= 0.3 is 0 Å². The SMILES string of the molecule is COc1cccc(C[C@H](C)C(=O)N/N=C\c2cccc([N+](=O)[O-])c2)c1. The number of hydrogen-bond acceptors (Lipinski definition) is 5. The zero-order chi connectivity index (χ0) is 18.2. The first kappa shape index (κ1) is 18.1. The van der Waals surface area contributed by atoms with Crippen molar-refractivity contribution in [3.63, 3.8) is 0 Å². The molecule has 0 bridgehead atoms. The van der Waals surface area contributed by atoms with Gasteiger partial charge in [-0.1, -0.05) is 31.2 Å². The van der Waals surface area contributed by atoms with Crippen LogP contribution in [0, 0.1) is 16.0 Å². The van der Waals surface area contributed by atoms with Gasteiger partial charge in [0.15, 0.2) is 0 Å². The number of hydrazone groups is 1. The molecule has 0 unspecified atom stereocenters. The fourth-order valence-electron chi connectivity index (χ4n) is 2.24. The van der Waals surface area contributed by atoms with Crippen molar-refractivity contribution in [3.8, 4) is 5.75 Å². The molecule has 2 aromatic rings. The molecule has 1 N–H and O–H groups in total. The van der Waals surface area contributed by atoms with E-state index >= 15 is 0 Å². The topological polar surface area (TPSA) is 93.8 Å². The highest BCUT2D eigenvalue weighted by Crippen LogP contribution is 2.16. The average Bonchev–Trinajstić information content (AvgIpc) is 2.62. The number of nitrogens with one attached hydrogen (secondary N) is 1. The van der Waals surface area contributed by atoms with Crippen LogP contribution >= 0.6 is 0 Å². The molecule has 0 saturated heterocycles. The molecule has 2 rings (SSSR count). The Balaban J connectivity index is 1.92. The zero-order valence-electron chi connectivity index (χ0n) is 14.0. The lowest BCUT2D eigenvalue weighted by molar-refractivity contribution is -0.384. The summed E-state index contributed by atoms with van der Waals surface area (Å²) in [6.45, 7) is 1.80. The summed E-state index contributed by atoms with van der Waals surface area (Å²) in [6, 6.07) is 13.5. The Hall–Kier alpha value is -3.22. The molecule has 7 heteroatoms. The molecule has 130 valence electrons. The molecule has 1 atom stereocenters. The number of nitro groups is 1. The third-order valence-corrected chi connectivity index (χ3v) is 3.59. The smallest absolute Gasteiger partial charge is 0.270 e. The summed E-state index contributed by atoms with van der Waals surface area (Å²) in [5.41, 5.74) is 3.96. The summed E-state index contributed by atoms with van der Waals surface area (Å²) in [5.74, 6) is 0.229. The maximum Gasteiger partial charge on any atom is 0.270 e. The second-order valence-electron chi connectivity index (χ2n) is 5.54. The molecule has 2 aromatic carbocycles. The number of hydrogen-bond donors (Lipinski definition) is 1. The summed E-state index contributed by atoms with van der Waals surface area (Å²) >= 11 is 0. The number of rotatable bonds is 7. The Labute approximate surface area is 145 Å². The number of methoxy groups -OCH3 is 1. The highest BCUT2D eigenvalue weighted by Gasteiger charge is 2.13.